The van der Waals surface area contributed by atoms with Crippen LogP contribution in [0.2, 0.25) is 0 Å². The van der Waals surface area contributed by atoms with Crippen LogP contribution in [0.5, 0.6) is 5.75 Å². The lowest BCUT2D eigenvalue weighted by Crippen LogP contribution is -2.58. The van der Waals surface area contributed by atoms with Crippen LogP contribution in [0.25, 0.3) is 0 Å². The summed E-state index contributed by atoms with van der Waals surface area (Å²) in [5, 5.41) is 19.8. The van der Waals surface area contributed by atoms with E-state index in [0.29, 0.717) is 45.4 Å². The van der Waals surface area contributed by atoms with Crippen molar-refractivity contribution in [3.8, 4) is 5.75 Å². The minimum Gasteiger partial charge on any atom is -0.494 e. The van der Waals surface area contributed by atoms with Crippen molar-refractivity contribution in [2.45, 2.75) is 44.8 Å². The average molecular weight is 484 g/mol. The summed E-state index contributed by atoms with van der Waals surface area (Å²) in [6.07, 6.45) is 0.699. The van der Waals surface area contributed by atoms with E-state index in [1.54, 1.807) is 0 Å². The number of benzene rings is 2. The van der Waals surface area contributed by atoms with E-state index in [0.717, 1.165) is 23.4 Å². The first kappa shape index (κ1) is 26.7. The third-order valence-electron chi connectivity index (χ3n) is 6.58. The summed E-state index contributed by atoms with van der Waals surface area (Å²) in [4.78, 5) is 29.8. The van der Waals surface area contributed by atoms with Crippen molar-refractivity contribution >= 4 is 11.8 Å². The number of hydrogen-bond donors (Lipinski definition) is 3. The van der Waals surface area contributed by atoms with Crippen molar-refractivity contribution in [2.24, 2.45) is 5.92 Å². The quantitative estimate of drug-likeness (QED) is 0.335. The number of piperazine rings is 1. The number of nitrogens with zero attached hydrogens (tertiary/aromatic N) is 2. The Morgan fingerprint density at radius 1 is 1.09 bits per heavy atom. The molecule has 0 spiro atoms. The number of hydrogen-bond acceptors (Lipinski definition) is 6. The first-order chi connectivity index (χ1) is 16.9. The van der Waals surface area contributed by atoms with Gasteiger partial charge in [0.2, 0.25) is 5.91 Å². The first-order valence-electron chi connectivity index (χ1n) is 12.3. The van der Waals surface area contributed by atoms with Crippen molar-refractivity contribution in [1.82, 2.24) is 15.3 Å². The molecule has 0 aromatic heterocycles. The first-order valence-corrected chi connectivity index (χ1v) is 12.3. The zero-order valence-electron chi connectivity index (χ0n) is 20.6. The molecule has 3 N–H and O–H groups in total. The maximum Gasteiger partial charge on any atom is 0.272 e. The highest BCUT2D eigenvalue weighted by molar-refractivity contribution is 5.89. The summed E-state index contributed by atoms with van der Waals surface area (Å²) in [6.45, 7) is 4.49. The number of aryl methyl sites for hydroxylation is 1. The van der Waals surface area contributed by atoms with E-state index in [2.05, 4.69) is 4.90 Å². The SMILES string of the molecule is CCOc1ccc(CCC[C@@H](C(=O)N2CCN(C)C[C@@H]2Cc2ccccc2)[C@H](O)C(=O)NO)cc1. The van der Waals surface area contributed by atoms with Crippen LogP contribution in [0, 0.1) is 5.92 Å². The standard InChI is InChI=1S/C27H37N3O5/c1-3-35-23-14-12-20(13-15-23)10-7-11-24(25(31)26(32)28-34)27(33)30-17-16-29(2)19-22(30)18-21-8-5-4-6-9-21/h4-6,8-9,12-15,22,24-25,31,34H,3,7,10-11,16-19H2,1-2H3,(H,28,32)/t22-,24+,25-/m0/s1. The largest absolute Gasteiger partial charge is 0.494 e. The molecule has 1 aliphatic heterocycles. The fourth-order valence-corrected chi connectivity index (χ4v) is 4.69. The highest BCUT2D eigenvalue weighted by Gasteiger charge is 2.38. The summed E-state index contributed by atoms with van der Waals surface area (Å²) < 4.78 is 5.48. The van der Waals surface area contributed by atoms with Crippen LogP contribution in [0.1, 0.15) is 30.9 Å². The molecule has 0 aliphatic carbocycles. The van der Waals surface area contributed by atoms with E-state index in [4.69, 9.17) is 9.94 Å². The Labute approximate surface area is 207 Å². The van der Waals surface area contributed by atoms with Crippen molar-refractivity contribution in [1.29, 1.82) is 0 Å². The van der Waals surface area contributed by atoms with Gasteiger partial charge in [-0.25, -0.2) is 5.48 Å². The molecule has 35 heavy (non-hydrogen) atoms. The van der Waals surface area contributed by atoms with E-state index in [-0.39, 0.29) is 11.9 Å². The van der Waals surface area contributed by atoms with Gasteiger partial charge in [0, 0.05) is 25.7 Å². The van der Waals surface area contributed by atoms with Crippen molar-refractivity contribution < 1.29 is 24.6 Å². The molecule has 1 saturated heterocycles. The van der Waals surface area contributed by atoms with Crippen LogP contribution in [-0.2, 0) is 22.4 Å². The van der Waals surface area contributed by atoms with Crippen LogP contribution in [0.15, 0.2) is 54.6 Å². The Bertz CT molecular complexity index is 938. The maximum atomic E-state index is 13.7. The Kier molecular flexibility index (Phi) is 10.1. The van der Waals surface area contributed by atoms with E-state index in [1.807, 2.05) is 73.5 Å². The summed E-state index contributed by atoms with van der Waals surface area (Å²) in [5.74, 6) is -1.34. The van der Waals surface area contributed by atoms with Gasteiger partial charge in [-0.2, -0.15) is 0 Å². The van der Waals surface area contributed by atoms with E-state index < -0.39 is 17.9 Å². The predicted octanol–water partition coefficient (Wildman–Crippen LogP) is 2.28. The Hall–Kier alpha value is -2.94. The molecule has 1 fully saturated rings. The molecular weight excluding hydrogens is 446 g/mol. The number of carbonyl (C=O) groups is 2. The van der Waals surface area contributed by atoms with Gasteiger partial charge in [0.05, 0.1) is 12.5 Å². The molecular formula is C27H37N3O5. The number of aliphatic hydroxyl groups is 1. The normalized spacial score (nSPS) is 18.1. The zero-order valence-corrected chi connectivity index (χ0v) is 20.6. The topological polar surface area (TPSA) is 102 Å². The predicted molar refractivity (Wildman–Crippen MR) is 133 cm³/mol. The highest BCUT2D eigenvalue weighted by Crippen LogP contribution is 2.23. The van der Waals surface area contributed by atoms with Crippen LogP contribution in [-0.4, -0.2) is 77.4 Å². The Morgan fingerprint density at radius 3 is 2.46 bits per heavy atom. The van der Waals surface area contributed by atoms with Crippen LogP contribution in [0.3, 0.4) is 0 Å². The number of aliphatic hydroxyl groups excluding tert-OH is 1. The number of nitrogens with one attached hydrogen (secondary N) is 1. The summed E-state index contributed by atoms with van der Waals surface area (Å²) in [5.41, 5.74) is 3.72. The molecule has 0 bridgehead atoms. The molecule has 3 atom stereocenters. The lowest BCUT2D eigenvalue weighted by Gasteiger charge is -2.42. The van der Waals surface area contributed by atoms with Crippen molar-refractivity contribution in [3.05, 3.63) is 65.7 Å². The minimum atomic E-state index is -1.62. The average Bonchev–Trinajstić information content (AvgIpc) is 2.87. The van der Waals surface area contributed by atoms with Crippen molar-refractivity contribution in [2.75, 3.05) is 33.3 Å². The number of ether oxygens (including phenoxy) is 1. The van der Waals surface area contributed by atoms with Gasteiger partial charge < -0.3 is 19.6 Å². The number of hydroxylamine groups is 1. The summed E-state index contributed by atoms with van der Waals surface area (Å²) in [6, 6.07) is 17.7. The molecule has 2 amide bonds. The number of carbonyl (C=O) groups excluding carboxylic acids is 2. The number of amides is 2. The lowest BCUT2D eigenvalue weighted by molar-refractivity contribution is -0.153. The third-order valence-corrected chi connectivity index (χ3v) is 6.58. The molecule has 2 aromatic rings. The number of rotatable bonds is 11. The second-order valence-corrected chi connectivity index (χ2v) is 9.13. The van der Waals surface area contributed by atoms with Crippen LogP contribution >= 0.6 is 0 Å². The molecule has 3 rings (SSSR count). The molecule has 0 radical (unpaired) electrons. The molecule has 8 nitrogen and oxygen atoms in total. The van der Waals surface area contributed by atoms with E-state index in [9.17, 15) is 14.7 Å². The minimum absolute atomic E-state index is 0.0679. The lowest BCUT2D eigenvalue weighted by atomic mass is 9.91. The van der Waals surface area contributed by atoms with Gasteiger partial charge in [-0.15, -0.1) is 0 Å². The fraction of sp³-hybridized carbons (Fsp3) is 0.481. The van der Waals surface area contributed by atoms with E-state index >= 15 is 0 Å². The molecule has 190 valence electrons. The number of likely N-dealkylation sites (N-methyl/N-ethyl adjacent to an activating group) is 1. The van der Waals surface area contributed by atoms with Crippen LogP contribution in [0.4, 0.5) is 0 Å². The smallest absolute Gasteiger partial charge is 0.272 e. The Morgan fingerprint density at radius 2 is 1.80 bits per heavy atom. The molecule has 1 aliphatic rings. The molecule has 0 saturated carbocycles. The van der Waals surface area contributed by atoms with Gasteiger partial charge >= 0.3 is 0 Å². The van der Waals surface area contributed by atoms with Gasteiger partial charge in [0.25, 0.3) is 5.91 Å². The third kappa shape index (κ3) is 7.52. The van der Waals surface area contributed by atoms with Gasteiger partial charge in [0.15, 0.2) is 0 Å². The second kappa shape index (κ2) is 13.2. The fourth-order valence-electron chi connectivity index (χ4n) is 4.69. The molecule has 0 unspecified atom stereocenters. The summed E-state index contributed by atoms with van der Waals surface area (Å²) in [7, 11) is 2.03. The summed E-state index contributed by atoms with van der Waals surface area (Å²) >= 11 is 0. The van der Waals surface area contributed by atoms with Crippen LogP contribution < -0.4 is 10.2 Å². The monoisotopic (exact) mass is 483 g/mol. The molecule has 2 aromatic carbocycles. The van der Waals surface area contributed by atoms with E-state index in [1.165, 1.54) is 5.48 Å². The van der Waals surface area contributed by atoms with Gasteiger partial charge in [0.1, 0.15) is 11.9 Å². The maximum absolute atomic E-state index is 13.7. The molecule has 1 heterocycles. The van der Waals surface area contributed by atoms with Crippen molar-refractivity contribution in [3.63, 3.8) is 0 Å². The molecule has 8 heteroatoms. The van der Waals surface area contributed by atoms with Gasteiger partial charge in [-0.05, 0) is 62.9 Å². The van der Waals surface area contributed by atoms with Gasteiger partial charge in [-0.3, -0.25) is 14.8 Å². The zero-order chi connectivity index (χ0) is 25.2. The highest BCUT2D eigenvalue weighted by atomic mass is 16.5. The second-order valence-electron chi connectivity index (χ2n) is 9.13. The Balaban J connectivity index is 1.71. The van der Waals surface area contributed by atoms with Gasteiger partial charge in [-0.1, -0.05) is 42.5 Å².